The van der Waals surface area contributed by atoms with Crippen LogP contribution in [0.1, 0.15) is 35.7 Å². The van der Waals surface area contributed by atoms with Crippen LogP contribution in [0.15, 0.2) is 41.3 Å². The second-order valence-electron chi connectivity index (χ2n) is 7.94. The van der Waals surface area contributed by atoms with Gasteiger partial charge in [-0.25, -0.2) is 13.2 Å². The van der Waals surface area contributed by atoms with Crippen molar-refractivity contribution in [3.63, 3.8) is 0 Å². The number of anilines is 1. The van der Waals surface area contributed by atoms with E-state index in [0.717, 1.165) is 0 Å². The summed E-state index contributed by atoms with van der Waals surface area (Å²) in [4.78, 5) is 25.4. The molecule has 2 amide bonds. The lowest BCUT2D eigenvalue weighted by atomic mass is 10.0. The van der Waals surface area contributed by atoms with E-state index in [1.54, 1.807) is 25.1 Å². The first-order valence-corrected chi connectivity index (χ1v) is 12.9. The van der Waals surface area contributed by atoms with Gasteiger partial charge in [0.25, 0.3) is 5.91 Å². The van der Waals surface area contributed by atoms with Gasteiger partial charge in [0.05, 0.1) is 23.4 Å². The van der Waals surface area contributed by atoms with Gasteiger partial charge in [-0.2, -0.15) is 0 Å². The highest BCUT2D eigenvalue weighted by molar-refractivity contribution is 7.91. The number of sulfone groups is 1. The standard InChI is InChI=1S/C23H28ClN3O6S/c1-3-34(31,32)21-7-5-17(24)12-16(21)14-25-22(28)15-4-6-19(20(13-15)33-2)26-18-8-10-27(11-9-18)23(29)30/h4-7,12-13,18,26H,3,8-11,14H2,1-2H3,(H,25,28)(H,29,30). The van der Waals surface area contributed by atoms with Crippen LogP contribution in [0.3, 0.4) is 0 Å². The molecule has 0 aromatic heterocycles. The van der Waals surface area contributed by atoms with Gasteiger partial charge in [0.2, 0.25) is 0 Å². The predicted molar refractivity (Wildman–Crippen MR) is 130 cm³/mol. The van der Waals surface area contributed by atoms with E-state index in [1.165, 1.54) is 30.2 Å². The molecule has 2 aromatic carbocycles. The lowest BCUT2D eigenvalue weighted by Crippen LogP contribution is -2.41. The number of nitrogens with zero attached hydrogens (tertiary/aromatic N) is 1. The van der Waals surface area contributed by atoms with Crippen molar-refractivity contribution in [2.75, 3.05) is 31.3 Å². The van der Waals surface area contributed by atoms with Crippen LogP contribution >= 0.6 is 11.6 Å². The molecule has 11 heteroatoms. The number of benzene rings is 2. The van der Waals surface area contributed by atoms with E-state index in [4.69, 9.17) is 21.4 Å². The fourth-order valence-electron chi connectivity index (χ4n) is 3.81. The molecule has 1 saturated heterocycles. The van der Waals surface area contributed by atoms with Crippen LogP contribution in [0.5, 0.6) is 5.75 Å². The highest BCUT2D eigenvalue weighted by Gasteiger charge is 2.23. The van der Waals surface area contributed by atoms with Gasteiger partial charge in [-0.1, -0.05) is 18.5 Å². The summed E-state index contributed by atoms with van der Waals surface area (Å²) >= 11 is 6.04. The smallest absolute Gasteiger partial charge is 0.407 e. The molecule has 0 radical (unpaired) electrons. The molecular formula is C23H28ClN3O6S. The maximum absolute atomic E-state index is 12.8. The Morgan fingerprint density at radius 1 is 1.18 bits per heavy atom. The number of amides is 2. The van der Waals surface area contributed by atoms with E-state index < -0.39 is 15.9 Å². The van der Waals surface area contributed by atoms with Crippen molar-refractivity contribution in [3.8, 4) is 5.75 Å². The van der Waals surface area contributed by atoms with E-state index in [1.807, 2.05) is 0 Å². The zero-order chi connectivity index (χ0) is 24.9. The van der Waals surface area contributed by atoms with Crippen molar-refractivity contribution in [1.82, 2.24) is 10.2 Å². The van der Waals surface area contributed by atoms with E-state index in [9.17, 15) is 18.0 Å². The summed E-state index contributed by atoms with van der Waals surface area (Å²) in [6.07, 6.45) is 0.421. The molecule has 2 aromatic rings. The van der Waals surface area contributed by atoms with Crippen LogP contribution in [-0.4, -0.2) is 62.4 Å². The van der Waals surface area contributed by atoms with Crippen molar-refractivity contribution in [2.45, 2.75) is 37.2 Å². The molecule has 0 atom stereocenters. The summed E-state index contributed by atoms with van der Waals surface area (Å²) in [7, 11) is -1.97. The van der Waals surface area contributed by atoms with Crippen molar-refractivity contribution >= 4 is 39.1 Å². The maximum Gasteiger partial charge on any atom is 0.407 e. The summed E-state index contributed by atoms with van der Waals surface area (Å²) in [6.45, 7) is 2.46. The predicted octanol–water partition coefficient (Wildman–Crippen LogP) is 3.63. The van der Waals surface area contributed by atoms with Crippen LogP contribution < -0.4 is 15.4 Å². The Morgan fingerprint density at radius 3 is 2.50 bits per heavy atom. The molecule has 3 N–H and O–H groups in total. The first kappa shape index (κ1) is 25.6. The summed E-state index contributed by atoms with van der Waals surface area (Å²) < 4.78 is 30.2. The zero-order valence-electron chi connectivity index (χ0n) is 19.0. The number of ether oxygens (including phenoxy) is 1. The van der Waals surface area contributed by atoms with Crippen LogP contribution in [0, 0.1) is 0 Å². The van der Waals surface area contributed by atoms with Crippen molar-refractivity contribution < 1.29 is 27.9 Å². The third-order valence-electron chi connectivity index (χ3n) is 5.77. The Kier molecular flexibility index (Phi) is 8.27. The largest absolute Gasteiger partial charge is 0.495 e. The van der Waals surface area contributed by atoms with Crippen LogP contribution in [0.25, 0.3) is 0 Å². The molecule has 184 valence electrons. The number of carbonyl (C=O) groups excluding carboxylic acids is 1. The van der Waals surface area contributed by atoms with Crippen LogP contribution in [0.4, 0.5) is 10.5 Å². The van der Waals surface area contributed by atoms with Gasteiger partial charge in [0.15, 0.2) is 9.84 Å². The molecule has 0 unspecified atom stereocenters. The van der Waals surface area contributed by atoms with Gasteiger partial charge in [-0.15, -0.1) is 0 Å². The number of likely N-dealkylation sites (tertiary alicyclic amines) is 1. The second-order valence-corrected chi connectivity index (χ2v) is 10.6. The number of piperidine rings is 1. The van der Waals surface area contributed by atoms with Crippen LogP contribution in [-0.2, 0) is 16.4 Å². The van der Waals surface area contributed by atoms with E-state index >= 15 is 0 Å². The SMILES string of the molecule is CCS(=O)(=O)c1ccc(Cl)cc1CNC(=O)c1ccc(NC2CCN(C(=O)O)CC2)c(OC)c1. The molecule has 1 aliphatic rings. The fraction of sp³-hybridized carbons (Fsp3) is 0.391. The topological polar surface area (TPSA) is 125 Å². The molecule has 1 fully saturated rings. The average molecular weight is 510 g/mol. The first-order chi connectivity index (χ1) is 16.1. The molecule has 0 spiro atoms. The molecule has 0 saturated carbocycles. The maximum atomic E-state index is 12.8. The number of nitrogens with one attached hydrogen (secondary N) is 2. The van der Waals surface area contributed by atoms with Gasteiger partial charge >= 0.3 is 6.09 Å². The quantitative estimate of drug-likeness (QED) is 0.496. The monoisotopic (exact) mass is 509 g/mol. The summed E-state index contributed by atoms with van der Waals surface area (Å²) in [5, 5.41) is 15.6. The number of methoxy groups -OCH3 is 1. The summed E-state index contributed by atoms with van der Waals surface area (Å²) in [5.74, 6) is 0.0288. The van der Waals surface area contributed by atoms with Gasteiger partial charge < -0.3 is 25.4 Å². The number of halogens is 1. The lowest BCUT2D eigenvalue weighted by Gasteiger charge is -2.31. The third-order valence-corrected chi connectivity index (χ3v) is 7.83. The van der Waals surface area contributed by atoms with Gasteiger partial charge in [0, 0.05) is 36.3 Å². The minimum absolute atomic E-state index is 0.00156. The van der Waals surface area contributed by atoms with Crippen LogP contribution in [0.2, 0.25) is 5.02 Å². The Bertz CT molecular complexity index is 1160. The molecular weight excluding hydrogens is 482 g/mol. The number of hydrogen-bond acceptors (Lipinski definition) is 6. The van der Waals surface area contributed by atoms with Gasteiger partial charge in [-0.3, -0.25) is 4.79 Å². The number of carboxylic acid groups (broad SMARTS) is 1. The average Bonchev–Trinajstić information content (AvgIpc) is 2.83. The molecule has 0 bridgehead atoms. The lowest BCUT2D eigenvalue weighted by molar-refractivity contribution is 0.0950. The molecule has 34 heavy (non-hydrogen) atoms. The molecule has 1 aliphatic heterocycles. The number of rotatable bonds is 8. The van der Waals surface area contributed by atoms with E-state index in [0.29, 0.717) is 53.5 Å². The Morgan fingerprint density at radius 2 is 1.88 bits per heavy atom. The highest BCUT2D eigenvalue weighted by atomic mass is 35.5. The minimum atomic E-state index is -3.47. The highest BCUT2D eigenvalue weighted by Crippen LogP contribution is 2.28. The molecule has 1 heterocycles. The first-order valence-electron chi connectivity index (χ1n) is 10.9. The second kappa shape index (κ2) is 11.0. The Balaban J connectivity index is 1.69. The number of carbonyl (C=O) groups is 2. The molecule has 3 rings (SSSR count). The fourth-order valence-corrected chi connectivity index (χ4v) is 5.12. The van der Waals surface area contributed by atoms with Gasteiger partial charge in [-0.05, 0) is 54.8 Å². The van der Waals surface area contributed by atoms with Gasteiger partial charge in [0.1, 0.15) is 5.75 Å². The van der Waals surface area contributed by atoms with Crippen molar-refractivity contribution in [3.05, 3.63) is 52.5 Å². The normalized spacial score (nSPS) is 14.5. The summed E-state index contributed by atoms with van der Waals surface area (Å²) in [6, 6.07) is 9.58. The molecule has 0 aliphatic carbocycles. The third kappa shape index (κ3) is 6.12. The summed E-state index contributed by atoms with van der Waals surface area (Å²) in [5.41, 5.74) is 1.48. The minimum Gasteiger partial charge on any atom is -0.495 e. The zero-order valence-corrected chi connectivity index (χ0v) is 20.6. The Hall–Kier alpha value is -2.98. The van der Waals surface area contributed by atoms with E-state index in [2.05, 4.69) is 10.6 Å². The Labute approximate surface area is 204 Å². The van der Waals surface area contributed by atoms with Crippen molar-refractivity contribution in [1.29, 1.82) is 0 Å². The van der Waals surface area contributed by atoms with E-state index in [-0.39, 0.29) is 29.1 Å². The number of hydrogen-bond donors (Lipinski definition) is 3. The molecule has 9 nitrogen and oxygen atoms in total. The van der Waals surface area contributed by atoms with Crippen molar-refractivity contribution in [2.24, 2.45) is 0 Å².